The molecule has 8 heteroatoms. The highest BCUT2D eigenvalue weighted by molar-refractivity contribution is 7.19. The summed E-state index contributed by atoms with van der Waals surface area (Å²) in [5.41, 5.74) is 5.43. The molecule has 0 aliphatic carbocycles. The first-order chi connectivity index (χ1) is 16.7. The van der Waals surface area contributed by atoms with E-state index in [1.54, 1.807) is 0 Å². The molecule has 0 radical (unpaired) electrons. The van der Waals surface area contributed by atoms with Crippen molar-refractivity contribution in [3.63, 3.8) is 0 Å². The lowest BCUT2D eigenvalue weighted by Gasteiger charge is -2.12. The van der Waals surface area contributed by atoms with Gasteiger partial charge in [0.15, 0.2) is 4.96 Å². The molecule has 2 amide bonds. The molecule has 0 saturated heterocycles. The van der Waals surface area contributed by atoms with E-state index in [1.165, 1.54) is 10.5 Å². The minimum atomic E-state index is -0.540. The molecule has 0 aliphatic heterocycles. The summed E-state index contributed by atoms with van der Waals surface area (Å²) in [5.74, 6) is -1.00. The summed E-state index contributed by atoms with van der Waals surface area (Å²) in [6, 6.07) is 12.7. The number of hydrogen-bond donors (Lipinski definition) is 2. The number of rotatable bonds is 6. The van der Waals surface area contributed by atoms with Gasteiger partial charge < -0.3 is 10.6 Å². The molecule has 0 aliphatic rings. The Balaban J connectivity index is 1.83. The number of carbonyl (C=O) groups is 2. The van der Waals surface area contributed by atoms with Crippen LogP contribution < -0.4 is 16.2 Å². The summed E-state index contributed by atoms with van der Waals surface area (Å²) >= 11 is 1.04. The zero-order chi connectivity index (χ0) is 25.3. The third-order valence-electron chi connectivity index (χ3n) is 5.98. The van der Waals surface area contributed by atoms with Crippen LogP contribution in [0.2, 0.25) is 0 Å². The van der Waals surface area contributed by atoms with Gasteiger partial charge in [0, 0.05) is 23.1 Å². The van der Waals surface area contributed by atoms with Gasteiger partial charge in [-0.1, -0.05) is 54.5 Å². The number of nitrogens with zero attached hydrogens (tertiary/aromatic N) is 2. The van der Waals surface area contributed by atoms with Crippen LogP contribution in [0, 0.1) is 27.7 Å². The maximum atomic E-state index is 13.5. The Bertz CT molecular complexity index is 1520. The van der Waals surface area contributed by atoms with E-state index in [2.05, 4.69) is 15.6 Å². The van der Waals surface area contributed by atoms with E-state index in [0.717, 1.165) is 40.0 Å². The lowest BCUT2D eigenvalue weighted by atomic mass is 10.1. The summed E-state index contributed by atoms with van der Waals surface area (Å²) in [7, 11) is 0. The first-order valence-corrected chi connectivity index (χ1v) is 12.3. The molecule has 0 saturated carbocycles. The van der Waals surface area contributed by atoms with Crippen molar-refractivity contribution in [1.29, 1.82) is 0 Å². The molecule has 0 bridgehead atoms. The molecule has 2 N–H and O–H groups in total. The Morgan fingerprint density at radius 3 is 2.40 bits per heavy atom. The highest BCUT2D eigenvalue weighted by Crippen LogP contribution is 2.26. The van der Waals surface area contributed by atoms with Crippen LogP contribution in [0.1, 0.15) is 61.5 Å². The third-order valence-corrected chi connectivity index (χ3v) is 7.02. The number of benzene rings is 2. The summed E-state index contributed by atoms with van der Waals surface area (Å²) in [4.78, 5) is 45.0. The van der Waals surface area contributed by atoms with Gasteiger partial charge in [-0.3, -0.25) is 14.4 Å². The van der Waals surface area contributed by atoms with Crippen LogP contribution in [0.15, 0.2) is 47.3 Å². The molecule has 4 rings (SSSR count). The molecule has 0 spiro atoms. The number of hydrogen-bond acceptors (Lipinski definition) is 5. The second-order valence-electron chi connectivity index (χ2n) is 8.71. The van der Waals surface area contributed by atoms with Crippen molar-refractivity contribution < 1.29 is 9.59 Å². The SMILES string of the molecule is CCCc1cc(=O)n2c(C(=O)Nc3ccc(C)cc3C)c(C(=O)Nc3cccc(C)c3C)sc2n1. The van der Waals surface area contributed by atoms with Gasteiger partial charge in [0.2, 0.25) is 0 Å². The minimum absolute atomic E-state index is 0.0201. The van der Waals surface area contributed by atoms with E-state index >= 15 is 0 Å². The fraction of sp³-hybridized carbons (Fsp3) is 0.259. The summed E-state index contributed by atoms with van der Waals surface area (Å²) in [6.07, 6.45) is 1.46. The smallest absolute Gasteiger partial charge is 0.274 e. The van der Waals surface area contributed by atoms with Crippen molar-refractivity contribution in [2.45, 2.75) is 47.5 Å². The van der Waals surface area contributed by atoms with Crippen LogP contribution in [-0.2, 0) is 6.42 Å². The number of amides is 2. The second-order valence-corrected chi connectivity index (χ2v) is 9.69. The second kappa shape index (κ2) is 9.84. The number of fused-ring (bicyclic) bond motifs is 1. The van der Waals surface area contributed by atoms with Gasteiger partial charge in [-0.15, -0.1) is 0 Å². The number of aromatic nitrogens is 2. The fourth-order valence-electron chi connectivity index (χ4n) is 3.97. The van der Waals surface area contributed by atoms with Crippen molar-refractivity contribution in [3.05, 3.63) is 91.3 Å². The first-order valence-electron chi connectivity index (χ1n) is 11.5. The van der Waals surface area contributed by atoms with Crippen LogP contribution in [0.3, 0.4) is 0 Å². The van der Waals surface area contributed by atoms with E-state index in [1.807, 2.05) is 71.0 Å². The van der Waals surface area contributed by atoms with E-state index < -0.39 is 11.8 Å². The summed E-state index contributed by atoms with van der Waals surface area (Å²) < 4.78 is 1.24. The molecular weight excluding hydrogens is 460 g/mol. The summed E-state index contributed by atoms with van der Waals surface area (Å²) in [6.45, 7) is 9.76. The standard InChI is InChI=1S/C27H28N4O3S/c1-6-8-19-14-22(32)31-23(25(33)29-20-12-11-15(2)13-17(20)4)24(35-27(31)28-19)26(34)30-21-10-7-9-16(3)18(21)5/h7,9-14H,6,8H2,1-5H3,(H,29,33)(H,30,34). The predicted octanol–water partition coefficient (Wildman–Crippen LogP) is 5.45. The van der Waals surface area contributed by atoms with Gasteiger partial charge in [-0.05, 0) is 62.9 Å². The van der Waals surface area contributed by atoms with Crippen LogP contribution >= 0.6 is 11.3 Å². The van der Waals surface area contributed by atoms with Crippen molar-refractivity contribution in [3.8, 4) is 0 Å². The van der Waals surface area contributed by atoms with Gasteiger partial charge in [-0.2, -0.15) is 0 Å². The molecule has 2 heterocycles. The average molecular weight is 489 g/mol. The maximum Gasteiger partial charge on any atom is 0.274 e. The van der Waals surface area contributed by atoms with E-state index in [4.69, 9.17) is 0 Å². The first kappa shape index (κ1) is 24.3. The van der Waals surface area contributed by atoms with Crippen LogP contribution in [0.5, 0.6) is 0 Å². The van der Waals surface area contributed by atoms with Crippen LogP contribution in [-0.4, -0.2) is 21.2 Å². The van der Waals surface area contributed by atoms with Crippen molar-refractivity contribution >= 4 is 39.5 Å². The molecule has 2 aromatic heterocycles. The quantitative estimate of drug-likeness (QED) is 0.378. The predicted molar refractivity (Wildman–Crippen MR) is 141 cm³/mol. The molecule has 2 aromatic carbocycles. The molecule has 0 unspecified atom stereocenters. The van der Waals surface area contributed by atoms with Gasteiger partial charge in [0.1, 0.15) is 10.6 Å². The van der Waals surface area contributed by atoms with E-state index in [-0.39, 0.29) is 16.1 Å². The molecule has 4 aromatic rings. The normalized spacial score (nSPS) is 11.0. The largest absolute Gasteiger partial charge is 0.321 e. The average Bonchev–Trinajstić information content (AvgIpc) is 3.19. The highest BCUT2D eigenvalue weighted by Gasteiger charge is 2.27. The molecule has 0 fully saturated rings. The van der Waals surface area contributed by atoms with Crippen LogP contribution in [0.25, 0.3) is 4.96 Å². The number of carbonyl (C=O) groups excluding carboxylic acids is 2. The zero-order valence-electron chi connectivity index (χ0n) is 20.5. The fourth-order valence-corrected chi connectivity index (χ4v) is 5.01. The van der Waals surface area contributed by atoms with Gasteiger partial charge in [-0.25, -0.2) is 9.38 Å². The van der Waals surface area contributed by atoms with Crippen molar-refractivity contribution in [1.82, 2.24) is 9.38 Å². The lowest BCUT2D eigenvalue weighted by Crippen LogP contribution is -2.25. The Morgan fingerprint density at radius 2 is 1.69 bits per heavy atom. The molecule has 180 valence electrons. The van der Waals surface area contributed by atoms with Crippen LogP contribution in [0.4, 0.5) is 11.4 Å². The third kappa shape index (κ3) is 4.88. The zero-order valence-corrected chi connectivity index (χ0v) is 21.3. The van der Waals surface area contributed by atoms with E-state index in [0.29, 0.717) is 28.5 Å². The van der Waals surface area contributed by atoms with Gasteiger partial charge in [0.25, 0.3) is 17.4 Å². The topological polar surface area (TPSA) is 92.6 Å². The summed E-state index contributed by atoms with van der Waals surface area (Å²) in [5, 5.41) is 5.79. The van der Waals surface area contributed by atoms with Crippen molar-refractivity contribution in [2.75, 3.05) is 10.6 Å². The van der Waals surface area contributed by atoms with E-state index in [9.17, 15) is 14.4 Å². The molecule has 0 atom stereocenters. The Hall–Kier alpha value is -3.78. The lowest BCUT2D eigenvalue weighted by molar-refractivity contribution is 0.0989. The monoisotopic (exact) mass is 488 g/mol. The molecule has 7 nitrogen and oxygen atoms in total. The number of nitrogens with one attached hydrogen (secondary N) is 2. The Labute approximate surface area is 207 Å². The van der Waals surface area contributed by atoms with Gasteiger partial charge >= 0.3 is 0 Å². The maximum absolute atomic E-state index is 13.5. The number of anilines is 2. The number of thiazole rings is 1. The van der Waals surface area contributed by atoms with Crippen molar-refractivity contribution in [2.24, 2.45) is 0 Å². The Kier molecular flexibility index (Phi) is 6.84. The molecule has 35 heavy (non-hydrogen) atoms. The highest BCUT2D eigenvalue weighted by atomic mass is 32.1. The van der Waals surface area contributed by atoms with Gasteiger partial charge in [0.05, 0.1) is 0 Å². The number of aryl methyl sites for hydroxylation is 4. The Morgan fingerprint density at radius 1 is 0.943 bits per heavy atom. The minimum Gasteiger partial charge on any atom is -0.321 e. The molecular formula is C27H28N4O3S.